The molecule has 0 bridgehead atoms. The van der Waals surface area contributed by atoms with Crippen LogP contribution in [0, 0.1) is 0 Å². The normalized spacial score (nSPS) is 16.1. The number of hydrogen-bond donors (Lipinski definition) is 1. The Kier molecular flexibility index (Phi) is 2.98. The molecule has 1 aromatic rings. The predicted molar refractivity (Wildman–Crippen MR) is 57.0 cm³/mol. The van der Waals surface area contributed by atoms with Gasteiger partial charge < -0.3 is 5.11 Å². The fraction of sp³-hybridized carbons (Fsp3) is 0.273. The molecule has 0 saturated carbocycles. The van der Waals surface area contributed by atoms with Crippen molar-refractivity contribution < 1.29 is 23.1 Å². The quantitative estimate of drug-likeness (QED) is 0.880. The molecule has 0 spiro atoms. The molecule has 0 aromatic heterocycles. The summed E-state index contributed by atoms with van der Waals surface area (Å²) in [5.74, 6) is -0.844. The van der Waals surface area contributed by atoms with Crippen molar-refractivity contribution >= 4 is 11.6 Å². The van der Waals surface area contributed by atoms with Crippen molar-refractivity contribution in [1.29, 1.82) is 0 Å². The Morgan fingerprint density at radius 2 is 2.00 bits per heavy atom. The molecule has 1 aromatic carbocycles. The zero-order valence-corrected chi connectivity index (χ0v) is 9.11. The Hall–Kier alpha value is -2.05. The number of carbonyl (C=O) groups is 1. The Balaban J connectivity index is 2.25. The van der Waals surface area contributed by atoms with Gasteiger partial charge in [-0.1, -0.05) is 12.1 Å². The number of nitrogens with zero attached hydrogens (tertiary/aromatic N) is 2. The highest BCUT2D eigenvalue weighted by atomic mass is 19.4. The van der Waals surface area contributed by atoms with Gasteiger partial charge in [-0.15, -0.1) is 0 Å². The molecule has 0 aliphatic carbocycles. The van der Waals surface area contributed by atoms with Crippen molar-refractivity contribution in [2.75, 3.05) is 6.54 Å². The van der Waals surface area contributed by atoms with Crippen molar-refractivity contribution in [3.8, 4) is 5.75 Å². The van der Waals surface area contributed by atoms with E-state index in [1.165, 1.54) is 12.1 Å². The average molecular weight is 258 g/mol. The largest absolute Gasteiger partial charge is 0.507 e. The summed E-state index contributed by atoms with van der Waals surface area (Å²) in [4.78, 5) is 11.4. The van der Waals surface area contributed by atoms with Gasteiger partial charge in [0.1, 0.15) is 12.3 Å². The van der Waals surface area contributed by atoms with Crippen LogP contribution in [-0.2, 0) is 4.79 Å². The first-order chi connectivity index (χ1) is 8.37. The van der Waals surface area contributed by atoms with E-state index in [9.17, 15) is 23.1 Å². The summed E-state index contributed by atoms with van der Waals surface area (Å²) >= 11 is 0. The number of benzene rings is 1. The maximum atomic E-state index is 12.2. The lowest BCUT2D eigenvalue weighted by Crippen LogP contribution is -2.32. The number of rotatable bonds is 2. The molecule has 1 aliphatic heterocycles. The van der Waals surface area contributed by atoms with E-state index >= 15 is 0 Å². The number of phenols is 1. The van der Waals surface area contributed by atoms with Crippen LogP contribution in [0.15, 0.2) is 29.4 Å². The standard InChI is InChI=1S/C11H9F3N2O2/c12-11(13,14)6-16-10(18)5-8(15-16)7-3-1-2-4-9(7)17/h1-4,17H,5-6H2. The van der Waals surface area contributed by atoms with Gasteiger partial charge >= 0.3 is 6.18 Å². The Bertz CT molecular complexity index is 511. The molecular weight excluding hydrogens is 249 g/mol. The van der Waals surface area contributed by atoms with E-state index in [2.05, 4.69) is 5.10 Å². The molecule has 0 radical (unpaired) electrons. The van der Waals surface area contributed by atoms with Crippen molar-refractivity contribution in [3.05, 3.63) is 29.8 Å². The molecular formula is C11H9F3N2O2. The molecule has 1 aliphatic rings. The third kappa shape index (κ3) is 2.61. The van der Waals surface area contributed by atoms with Gasteiger partial charge in [0.05, 0.1) is 12.1 Å². The van der Waals surface area contributed by atoms with Crippen molar-refractivity contribution in [3.63, 3.8) is 0 Å². The maximum Gasteiger partial charge on any atom is 0.408 e. The number of phenolic OH excluding ortho intramolecular Hbond substituents is 1. The number of halogens is 3. The van der Waals surface area contributed by atoms with E-state index in [1.807, 2.05) is 0 Å². The van der Waals surface area contributed by atoms with Gasteiger partial charge in [0.25, 0.3) is 0 Å². The first-order valence-corrected chi connectivity index (χ1v) is 5.10. The number of hydrazone groups is 1. The van der Waals surface area contributed by atoms with Gasteiger partial charge in [0, 0.05) is 5.56 Å². The van der Waals surface area contributed by atoms with Gasteiger partial charge in [0.15, 0.2) is 0 Å². The summed E-state index contributed by atoms with van der Waals surface area (Å²) in [6.45, 7) is -1.41. The van der Waals surface area contributed by atoms with Gasteiger partial charge in [0.2, 0.25) is 5.91 Å². The van der Waals surface area contributed by atoms with Crippen LogP contribution in [0.1, 0.15) is 12.0 Å². The zero-order chi connectivity index (χ0) is 13.3. The summed E-state index contributed by atoms with van der Waals surface area (Å²) in [5, 5.41) is 13.5. The second-order valence-electron chi connectivity index (χ2n) is 3.81. The molecule has 18 heavy (non-hydrogen) atoms. The highest BCUT2D eigenvalue weighted by Crippen LogP contribution is 2.25. The molecule has 0 fully saturated rings. The summed E-state index contributed by atoms with van der Waals surface area (Å²) in [6, 6.07) is 6.06. The predicted octanol–water partition coefficient (Wildman–Crippen LogP) is 1.89. The fourth-order valence-electron chi connectivity index (χ4n) is 1.63. The second-order valence-corrected chi connectivity index (χ2v) is 3.81. The van der Waals surface area contributed by atoms with Gasteiger partial charge in [-0.05, 0) is 12.1 Å². The third-order valence-corrected chi connectivity index (χ3v) is 2.39. The van der Waals surface area contributed by atoms with Gasteiger partial charge in [-0.2, -0.15) is 18.3 Å². The van der Waals surface area contributed by atoms with E-state index in [0.717, 1.165) is 0 Å². The first kappa shape index (κ1) is 12.4. The van der Waals surface area contributed by atoms with Crippen molar-refractivity contribution in [2.24, 2.45) is 5.10 Å². The molecule has 2 rings (SSSR count). The average Bonchev–Trinajstić information content (AvgIpc) is 2.58. The maximum absolute atomic E-state index is 12.2. The van der Waals surface area contributed by atoms with Crippen molar-refractivity contribution in [2.45, 2.75) is 12.6 Å². The van der Waals surface area contributed by atoms with E-state index in [4.69, 9.17) is 0 Å². The zero-order valence-electron chi connectivity index (χ0n) is 9.11. The summed E-state index contributed by atoms with van der Waals surface area (Å²) in [6.07, 6.45) is -4.74. The number of alkyl halides is 3. The summed E-state index contributed by atoms with van der Waals surface area (Å²) < 4.78 is 36.5. The van der Waals surface area contributed by atoms with E-state index in [0.29, 0.717) is 5.01 Å². The first-order valence-electron chi connectivity index (χ1n) is 5.10. The Morgan fingerprint density at radius 3 is 2.61 bits per heavy atom. The minimum Gasteiger partial charge on any atom is -0.507 e. The highest BCUT2D eigenvalue weighted by molar-refractivity contribution is 6.14. The monoisotopic (exact) mass is 258 g/mol. The van der Waals surface area contributed by atoms with Crippen LogP contribution in [-0.4, -0.2) is 34.5 Å². The lowest BCUT2D eigenvalue weighted by molar-refractivity contribution is -0.159. The van der Waals surface area contributed by atoms with Crippen LogP contribution in [0.5, 0.6) is 5.75 Å². The van der Waals surface area contributed by atoms with E-state index < -0.39 is 18.6 Å². The number of carbonyl (C=O) groups excluding carboxylic acids is 1. The molecule has 0 saturated heterocycles. The second kappa shape index (κ2) is 4.32. The summed E-state index contributed by atoms with van der Waals surface area (Å²) in [7, 11) is 0. The molecule has 0 unspecified atom stereocenters. The number of aromatic hydroxyl groups is 1. The summed E-state index contributed by atoms with van der Waals surface area (Å²) in [5.41, 5.74) is 0.415. The minimum atomic E-state index is -4.49. The molecule has 1 heterocycles. The number of amides is 1. The van der Waals surface area contributed by atoms with E-state index in [-0.39, 0.29) is 23.4 Å². The smallest absolute Gasteiger partial charge is 0.408 e. The minimum absolute atomic E-state index is 0.113. The van der Waals surface area contributed by atoms with Crippen LogP contribution in [0.4, 0.5) is 13.2 Å². The van der Waals surface area contributed by atoms with Crippen LogP contribution >= 0.6 is 0 Å². The molecule has 96 valence electrons. The molecule has 1 amide bonds. The number of hydrogen-bond acceptors (Lipinski definition) is 3. The van der Waals surface area contributed by atoms with E-state index in [1.54, 1.807) is 12.1 Å². The molecule has 1 N–H and O–H groups in total. The van der Waals surface area contributed by atoms with Crippen LogP contribution in [0.2, 0.25) is 0 Å². The molecule has 0 atom stereocenters. The Morgan fingerprint density at radius 1 is 1.33 bits per heavy atom. The SMILES string of the molecule is O=C1CC(c2ccccc2O)=NN1CC(F)(F)F. The highest BCUT2D eigenvalue weighted by Gasteiger charge is 2.36. The van der Waals surface area contributed by atoms with Gasteiger partial charge in [-0.3, -0.25) is 4.79 Å². The van der Waals surface area contributed by atoms with Crippen LogP contribution in [0.3, 0.4) is 0 Å². The molecule has 7 heteroatoms. The van der Waals surface area contributed by atoms with Gasteiger partial charge in [-0.25, -0.2) is 5.01 Å². The van der Waals surface area contributed by atoms with Crippen LogP contribution in [0.25, 0.3) is 0 Å². The topological polar surface area (TPSA) is 52.9 Å². The lowest BCUT2D eigenvalue weighted by Gasteiger charge is -2.13. The Labute approximate surface area is 100 Å². The lowest BCUT2D eigenvalue weighted by atomic mass is 10.1. The van der Waals surface area contributed by atoms with Crippen molar-refractivity contribution in [1.82, 2.24) is 5.01 Å². The fourth-order valence-corrected chi connectivity index (χ4v) is 1.63. The third-order valence-electron chi connectivity index (χ3n) is 2.39. The number of para-hydroxylation sites is 1. The van der Waals surface area contributed by atoms with Crippen LogP contribution < -0.4 is 0 Å². The molecule has 4 nitrogen and oxygen atoms in total.